The van der Waals surface area contributed by atoms with Gasteiger partial charge in [0.25, 0.3) is 5.56 Å². The zero-order valence-electron chi connectivity index (χ0n) is 23.1. The van der Waals surface area contributed by atoms with Crippen LogP contribution in [-0.4, -0.2) is 43.4 Å². The summed E-state index contributed by atoms with van der Waals surface area (Å²) in [5.74, 6) is 0.0633. The van der Waals surface area contributed by atoms with Gasteiger partial charge in [0.15, 0.2) is 4.80 Å². The van der Waals surface area contributed by atoms with Gasteiger partial charge in [0.1, 0.15) is 18.1 Å². The molecule has 1 atom stereocenters. The standard InChI is InChI=1S/C31H27ClN2O7S/c1-4-39-29(36)21-7-5-19(6-8-21)24-14-13-23(41-24)17-25-28(35)34-27(20-9-11-22(32)12-10-20)26(18(2)33-31(34)42-25)30(37)40-16-15-38-3/h5-14,17,27H,4,15-16H2,1-3H3. The first-order valence-corrected chi connectivity index (χ1v) is 14.3. The molecule has 5 rings (SSSR count). The number of furan rings is 1. The second-order valence-corrected chi connectivity index (χ2v) is 10.7. The highest BCUT2D eigenvalue weighted by molar-refractivity contribution is 7.07. The summed E-state index contributed by atoms with van der Waals surface area (Å²) in [6.07, 6.45) is 1.65. The number of hydrogen-bond acceptors (Lipinski definition) is 9. The third kappa shape index (κ3) is 6.01. The predicted octanol–water partition coefficient (Wildman–Crippen LogP) is 4.51. The van der Waals surface area contributed by atoms with Crippen LogP contribution in [0.2, 0.25) is 5.02 Å². The molecule has 0 saturated heterocycles. The molecule has 0 fully saturated rings. The fraction of sp³-hybridized carbons (Fsp3) is 0.226. The first kappa shape index (κ1) is 29.2. The number of fused-ring (bicyclic) bond motifs is 1. The maximum atomic E-state index is 13.8. The minimum absolute atomic E-state index is 0.0657. The van der Waals surface area contributed by atoms with E-state index in [-0.39, 0.29) is 24.3 Å². The first-order chi connectivity index (χ1) is 20.3. The SMILES string of the molecule is CCOC(=O)c1ccc(-c2ccc(C=c3sc4n(c3=O)C(c3ccc(Cl)cc3)C(C(=O)OCCOC)=C(C)N=4)o2)cc1. The van der Waals surface area contributed by atoms with Gasteiger partial charge in [0, 0.05) is 23.8 Å². The van der Waals surface area contributed by atoms with Crippen LogP contribution in [0.5, 0.6) is 0 Å². The molecule has 42 heavy (non-hydrogen) atoms. The Morgan fingerprint density at radius 2 is 1.76 bits per heavy atom. The van der Waals surface area contributed by atoms with E-state index in [0.29, 0.717) is 49.3 Å². The second kappa shape index (κ2) is 12.7. The van der Waals surface area contributed by atoms with Gasteiger partial charge < -0.3 is 18.6 Å². The molecular formula is C31H27ClN2O7S. The van der Waals surface area contributed by atoms with E-state index in [9.17, 15) is 14.4 Å². The number of halogens is 1. The van der Waals surface area contributed by atoms with Crippen molar-refractivity contribution in [2.45, 2.75) is 19.9 Å². The molecule has 0 saturated carbocycles. The number of nitrogens with zero attached hydrogens (tertiary/aromatic N) is 2. The number of rotatable bonds is 9. The van der Waals surface area contributed by atoms with Crippen LogP contribution < -0.4 is 14.9 Å². The molecule has 0 aliphatic carbocycles. The van der Waals surface area contributed by atoms with Gasteiger partial charge in [-0.1, -0.05) is 47.2 Å². The molecule has 216 valence electrons. The number of methoxy groups -OCH3 is 1. The highest BCUT2D eigenvalue weighted by Crippen LogP contribution is 2.31. The summed E-state index contributed by atoms with van der Waals surface area (Å²) < 4.78 is 23.4. The number of aromatic nitrogens is 1. The van der Waals surface area contributed by atoms with Crippen molar-refractivity contribution in [3.8, 4) is 11.3 Å². The minimum atomic E-state index is -0.763. The highest BCUT2D eigenvalue weighted by Gasteiger charge is 2.33. The predicted molar refractivity (Wildman–Crippen MR) is 158 cm³/mol. The molecule has 0 spiro atoms. The number of allylic oxidation sites excluding steroid dienone is 1. The topological polar surface area (TPSA) is 109 Å². The molecule has 11 heteroatoms. The number of esters is 2. The summed E-state index contributed by atoms with van der Waals surface area (Å²) in [5, 5.41) is 0.528. The number of benzene rings is 2. The highest BCUT2D eigenvalue weighted by atomic mass is 35.5. The van der Waals surface area contributed by atoms with Crippen LogP contribution in [0.4, 0.5) is 0 Å². The summed E-state index contributed by atoms with van der Waals surface area (Å²) >= 11 is 7.33. The van der Waals surface area contributed by atoms with E-state index < -0.39 is 18.0 Å². The van der Waals surface area contributed by atoms with Gasteiger partial charge in [-0.3, -0.25) is 9.36 Å². The van der Waals surface area contributed by atoms with Crippen molar-refractivity contribution in [3.63, 3.8) is 0 Å². The van der Waals surface area contributed by atoms with Crippen LogP contribution in [0.15, 0.2) is 86.1 Å². The molecule has 1 aliphatic rings. The van der Waals surface area contributed by atoms with Gasteiger partial charge in [-0.05, 0) is 55.8 Å². The maximum absolute atomic E-state index is 13.8. The van der Waals surface area contributed by atoms with Crippen molar-refractivity contribution in [2.24, 2.45) is 4.99 Å². The summed E-state index contributed by atoms with van der Waals surface area (Å²) in [6.45, 7) is 4.08. The van der Waals surface area contributed by atoms with Crippen molar-refractivity contribution in [3.05, 3.63) is 114 Å². The van der Waals surface area contributed by atoms with Gasteiger partial charge in [0.2, 0.25) is 0 Å². The fourth-order valence-electron chi connectivity index (χ4n) is 4.54. The molecule has 0 bridgehead atoms. The molecule has 1 unspecified atom stereocenters. The Balaban J connectivity index is 1.52. The molecule has 3 heterocycles. The van der Waals surface area contributed by atoms with Crippen LogP contribution in [-0.2, 0) is 19.0 Å². The van der Waals surface area contributed by atoms with Crippen molar-refractivity contribution in [1.82, 2.24) is 4.57 Å². The Labute approximate surface area is 249 Å². The smallest absolute Gasteiger partial charge is 0.338 e. The number of carbonyl (C=O) groups is 2. The molecule has 9 nitrogen and oxygen atoms in total. The monoisotopic (exact) mass is 606 g/mol. The number of carbonyl (C=O) groups excluding carboxylic acids is 2. The van der Waals surface area contributed by atoms with Crippen molar-refractivity contribution in [1.29, 1.82) is 0 Å². The Morgan fingerprint density at radius 3 is 2.45 bits per heavy atom. The summed E-state index contributed by atoms with van der Waals surface area (Å²) in [4.78, 5) is 44.0. The molecule has 0 radical (unpaired) electrons. The first-order valence-electron chi connectivity index (χ1n) is 13.1. The Bertz CT molecular complexity index is 1830. The Kier molecular flexibility index (Phi) is 8.86. The Hall–Kier alpha value is -4.25. The third-order valence-corrected chi connectivity index (χ3v) is 7.76. The van der Waals surface area contributed by atoms with Crippen LogP contribution in [0.3, 0.4) is 0 Å². The number of thiazole rings is 1. The number of ether oxygens (including phenoxy) is 3. The molecule has 0 amide bonds. The van der Waals surface area contributed by atoms with Gasteiger partial charge in [-0.15, -0.1) is 0 Å². The van der Waals surface area contributed by atoms with Crippen LogP contribution in [0.25, 0.3) is 17.4 Å². The average molecular weight is 607 g/mol. The molecule has 2 aromatic carbocycles. The molecule has 1 aliphatic heterocycles. The van der Waals surface area contributed by atoms with Gasteiger partial charge in [-0.25, -0.2) is 14.6 Å². The lowest BCUT2D eigenvalue weighted by Crippen LogP contribution is -2.40. The lowest BCUT2D eigenvalue weighted by Gasteiger charge is -2.24. The van der Waals surface area contributed by atoms with E-state index in [4.69, 9.17) is 30.2 Å². The lowest BCUT2D eigenvalue weighted by molar-refractivity contribution is -0.140. The quantitative estimate of drug-likeness (QED) is 0.204. The van der Waals surface area contributed by atoms with Crippen LogP contribution in [0, 0.1) is 0 Å². The lowest BCUT2D eigenvalue weighted by atomic mass is 9.96. The van der Waals surface area contributed by atoms with E-state index >= 15 is 0 Å². The average Bonchev–Trinajstić information content (AvgIpc) is 3.57. The van der Waals surface area contributed by atoms with E-state index in [0.717, 1.165) is 5.56 Å². The molecule has 2 aromatic heterocycles. The second-order valence-electron chi connectivity index (χ2n) is 9.26. The van der Waals surface area contributed by atoms with Gasteiger partial charge >= 0.3 is 11.9 Å². The van der Waals surface area contributed by atoms with Crippen molar-refractivity contribution in [2.75, 3.05) is 26.9 Å². The largest absolute Gasteiger partial charge is 0.462 e. The summed E-state index contributed by atoms with van der Waals surface area (Å²) in [6, 6.07) is 16.6. The van der Waals surface area contributed by atoms with E-state index in [2.05, 4.69) is 4.99 Å². The maximum Gasteiger partial charge on any atom is 0.338 e. The molecule has 0 N–H and O–H groups in total. The normalized spacial score (nSPS) is 14.9. The van der Waals surface area contributed by atoms with Crippen LogP contribution in [0.1, 0.15) is 41.6 Å². The Morgan fingerprint density at radius 1 is 1.02 bits per heavy atom. The van der Waals surface area contributed by atoms with Gasteiger partial charge in [0.05, 0.1) is 40.6 Å². The van der Waals surface area contributed by atoms with Crippen molar-refractivity contribution >= 4 is 41.0 Å². The minimum Gasteiger partial charge on any atom is -0.462 e. The third-order valence-electron chi connectivity index (χ3n) is 6.53. The van der Waals surface area contributed by atoms with Crippen LogP contribution >= 0.6 is 22.9 Å². The van der Waals surface area contributed by atoms with Gasteiger partial charge in [-0.2, -0.15) is 0 Å². The molecule has 4 aromatic rings. The zero-order chi connectivity index (χ0) is 29.8. The van der Waals surface area contributed by atoms with Crippen molar-refractivity contribution < 1.29 is 28.2 Å². The summed E-state index contributed by atoms with van der Waals surface area (Å²) in [7, 11) is 1.52. The fourth-order valence-corrected chi connectivity index (χ4v) is 5.69. The molecular weight excluding hydrogens is 580 g/mol. The van der Waals surface area contributed by atoms with E-state index in [1.165, 1.54) is 23.0 Å². The zero-order valence-corrected chi connectivity index (χ0v) is 24.7. The van der Waals surface area contributed by atoms with E-state index in [1.807, 2.05) is 0 Å². The summed E-state index contributed by atoms with van der Waals surface area (Å²) in [5.41, 5.74) is 2.28. The number of hydrogen-bond donors (Lipinski definition) is 0. The van der Waals surface area contributed by atoms with E-state index in [1.54, 1.807) is 80.6 Å².